The van der Waals surface area contributed by atoms with Crippen LogP contribution in [0.3, 0.4) is 0 Å². The average Bonchev–Trinajstić information content (AvgIpc) is 0.687. The lowest BCUT2D eigenvalue weighted by molar-refractivity contribution is 0.425. The molecule has 0 saturated carbocycles. The van der Waals surface area contributed by atoms with Crippen molar-refractivity contribution in [2.24, 2.45) is 0 Å². The van der Waals surface area contributed by atoms with Crippen molar-refractivity contribution in [3.63, 3.8) is 0 Å². The molecule has 2 spiro atoms. The van der Waals surface area contributed by atoms with Crippen molar-refractivity contribution in [2.45, 2.75) is 49.4 Å². The van der Waals surface area contributed by atoms with Gasteiger partial charge in [-0.1, -0.05) is 240 Å². The summed E-state index contributed by atoms with van der Waals surface area (Å²) in [7, 11) is 0. The van der Waals surface area contributed by atoms with Gasteiger partial charge in [0.05, 0.1) is 33.5 Å². The van der Waals surface area contributed by atoms with Gasteiger partial charge in [-0.15, -0.1) is 0 Å². The molecule has 2 aliphatic carbocycles. The highest BCUT2D eigenvalue weighted by Crippen LogP contribution is 2.64. The van der Waals surface area contributed by atoms with Crippen LogP contribution in [0.4, 0.5) is 0 Å². The average molecular weight is 1160 g/mol. The number of nitrogens with one attached hydrogen (secondary N) is 2. The highest BCUT2D eigenvalue weighted by molar-refractivity contribution is 6.18. The number of rotatable bonds is 7. The minimum absolute atomic E-state index is 0.320. The zero-order valence-electron chi connectivity index (χ0n) is 50.3. The van der Waals surface area contributed by atoms with E-state index in [2.05, 4.69) is 258 Å². The minimum Gasteiger partial charge on any atom is -0.457 e. The van der Waals surface area contributed by atoms with Gasteiger partial charge in [0.25, 0.3) is 0 Å². The number of aromatic nitrogens is 2. The lowest BCUT2D eigenvalue weighted by Crippen LogP contribution is -2.43. The minimum atomic E-state index is -0.766. The van der Waals surface area contributed by atoms with E-state index in [0.717, 1.165) is 117 Å². The Morgan fingerprint density at radius 2 is 0.789 bits per heavy atom. The van der Waals surface area contributed by atoms with Crippen LogP contribution in [-0.2, 0) is 21.7 Å². The Morgan fingerprint density at radius 1 is 0.333 bits per heavy atom. The lowest BCUT2D eigenvalue weighted by atomic mass is 9.53. The Morgan fingerprint density at radius 3 is 1.46 bits per heavy atom. The predicted molar refractivity (Wildman–Crippen MR) is 364 cm³/mol. The van der Waals surface area contributed by atoms with Crippen molar-refractivity contribution < 1.29 is 9.47 Å². The van der Waals surface area contributed by atoms with E-state index in [0.29, 0.717) is 17.2 Å². The van der Waals surface area contributed by atoms with Gasteiger partial charge in [-0.25, -0.2) is 9.97 Å². The fourth-order valence-corrected chi connectivity index (χ4v) is 15.8. The van der Waals surface area contributed by atoms with Crippen LogP contribution < -0.4 is 9.47 Å². The highest BCUT2D eigenvalue weighted by Gasteiger charge is 2.55. The maximum Gasteiger partial charge on any atom is 0.160 e. The molecule has 17 rings (SSSR count). The second-order valence-corrected chi connectivity index (χ2v) is 25.4. The van der Waals surface area contributed by atoms with Crippen molar-refractivity contribution in [2.75, 3.05) is 0 Å². The van der Waals surface area contributed by atoms with Crippen molar-refractivity contribution in [1.82, 2.24) is 9.97 Å². The summed E-state index contributed by atoms with van der Waals surface area (Å²) in [6, 6.07) is 94.9. The van der Waals surface area contributed by atoms with E-state index < -0.39 is 16.2 Å². The molecular weight excluding hydrogens is 1100 g/mol. The van der Waals surface area contributed by atoms with Crippen LogP contribution in [0.25, 0.3) is 55.4 Å². The lowest BCUT2D eigenvalue weighted by Gasteiger charge is -2.50. The molecule has 0 bridgehead atoms. The van der Waals surface area contributed by atoms with Crippen molar-refractivity contribution in [3.05, 3.63) is 357 Å². The SMILES string of the molecule is CC1(C)c2cc(C(=N)/C=C\C(=N)c3cccc4ccccc34)ccc2C2(c3ccccc3Oc3ccccc32)c2ccc(-c3ccc4nc(-c5ccc6c(c5)C5(c7ccccc7Oc7ccccc75)c5ccccc5C6(C)C)nc(-c5ccccc5)c4c3)cc21. The molecule has 428 valence electrons. The van der Waals surface area contributed by atoms with Crippen molar-refractivity contribution in [3.8, 4) is 56.8 Å². The number of ether oxygens (including phenoxy) is 2. The smallest absolute Gasteiger partial charge is 0.160 e. The number of hydrogen-bond acceptors (Lipinski definition) is 6. The first-order valence-electron chi connectivity index (χ1n) is 30.9. The van der Waals surface area contributed by atoms with Gasteiger partial charge in [0, 0.05) is 55.2 Å². The Balaban J connectivity index is 0.821. The molecule has 4 aliphatic rings. The van der Waals surface area contributed by atoms with Crippen LogP contribution >= 0.6 is 0 Å². The summed E-state index contributed by atoms with van der Waals surface area (Å²) in [4.78, 5) is 11.2. The third-order valence-corrected chi connectivity index (χ3v) is 20.0. The molecule has 3 heterocycles. The second kappa shape index (κ2) is 19.7. The molecule has 1 aromatic heterocycles. The molecule has 90 heavy (non-hydrogen) atoms. The number of hydrogen-bond donors (Lipinski definition) is 2. The molecule has 6 nitrogen and oxygen atoms in total. The monoisotopic (exact) mass is 1160 g/mol. The first-order chi connectivity index (χ1) is 43.9. The summed E-state index contributed by atoms with van der Waals surface area (Å²) in [5.74, 6) is 3.98. The summed E-state index contributed by atoms with van der Waals surface area (Å²) in [5, 5.41) is 21.8. The van der Waals surface area contributed by atoms with E-state index in [-0.39, 0.29) is 5.41 Å². The fraction of sp³-hybridized carbons (Fsp3) is 0.0952. The van der Waals surface area contributed by atoms with Crippen LogP contribution in [-0.4, -0.2) is 21.4 Å². The predicted octanol–water partition coefficient (Wildman–Crippen LogP) is 20.0. The molecule has 12 aromatic carbocycles. The summed E-state index contributed by atoms with van der Waals surface area (Å²) in [6.45, 7) is 9.34. The third kappa shape index (κ3) is 7.58. The third-order valence-electron chi connectivity index (χ3n) is 20.0. The molecule has 0 saturated heterocycles. The van der Waals surface area contributed by atoms with E-state index in [1.54, 1.807) is 12.2 Å². The largest absolute Gasteiger partial charge is 0.457 e. The van der Waals surface area contributed by atoms with E-state index >= 15 is 0 Å². The highest BCUT2D eigenvalue weighted by atomic mass is 16.5. The van der Waals surface area contributed by atoms with Gasteiger partial charge in [0.15, 0.2) is 5.82 Å². The van der Waals surface area contributed by atoms with Gasteiger partial charge >= 0.3 is 0 Å². The number of para-hydroxylation sites is 4. The number of nitrogens with zero attached hydrogens (tertiary/aromatic N) is 2. The van der Waals surface area contributed by atoms with Gasteiger partial charge in [0.2, 0.25) is 0 Å². The van der Waals surface area contributed by atoms with Gasteiger partial charge in [0.1, 0.15) is 23.0 Å². The van der Waals surface area contributed by atoms with E-state index in [4.69, 9.17) is 19.4 Å². The summed E-state index contributed by atoms with van der Waals surface area (Å²) in [6.07, 6.45) is 3.53. The zero-order chi connectivity index (χ0) is 60.7. The van der Waals surface area contributed by atoms with E-state index in [1.165, 1.54) is 33.4 Å². The normalized spacial score (nSPS) is 15.2. The molecule has 6 heteroatoms. The Bertz CT molecular complexity index is 5170. The molecule has 13 aromatic rings. The first kappa shape index (κ1) is 53.2. The van der Waals surface area contributed by atoms with Gasteiger partial charge in [-0.05, 0) is 139 Å². The van der Waals surface area contributed by atoms with Crippen molar-refractivity contribution >= 4 is 33.1 Å². The number of benzene rings is 12. The fourth-order valence-electron chi connectivity index (χ4n) is 15.8. The molecule has 0 unspecified atom stereocenters. The van der Waals surface area contributed by atoms with Gasteiger partial charge in [-0.2, -0.15) is 0 Å². The standard InChI is InChI=1S/C84H60N4O2/c1-81(2)60-27-10-11-28-62(60)84(67-31-14-18-35-77(67)90-78-36-19-15-32-68(78)84)71-50-56(39-41-61(71)81)80-87-74-46-40-53(47-59(74)79(88-80)52-22-6-5-7-23-52)54-37-42-63-69(48-54)82(3,4)70-49-55(72(85)44-45-73(86)58-26-20-24-51-21-8-9-25-57(51)58)38-43-64(70)83(63)65-29-12-16-33-75(65)89-76-34-17-13-30-66(76)83/h5-50,85-86H,1-4H3/b45-44-,85-72?,86-73?. The molecule has 2 aliphatic heterocycles. The number of fused-ring (bicyclic) bond motifs is 18. The Hall–Kier alpha value is -11.1. The van der Waals surface area contributed by atoms with Crippen LogP contribution in [0.1, 0.15) is 106 Å². The quantitative estimate of drug-likeness (QED) is 0.156. The maximum absolute atomic E-state index is 9.61. The summed E-state index contributed by atoms with van der Waals surface area (Å²) in [5.41, 5.74) is 19.7. The Kier molecular flexibility index (Phi) is 11.6. The number of allylic oxidation sites excluding steroid dienone is 2. The summed E-state index contributed by atoms with van der Waals surface area (Å²) >= 11 is 0. The van der Waals surface area contributed by atoms with Crippen LogP contribution in [0, 0.1) is 10.8 Å². The Labute approximate surface area is 523 Å². The zero-order valence-corrected chi connectivity index (χ0v) is 50.3. The van der Waals surface area contributed by atoms with Crippen LogP contribution in [0.2, 0.25) is 0 Å². The van der Waals surface area contributed by atoms with Gasteiger partial charge < -0.3 is 20.3 Å². The topological polar surface area (TPSA) is 91.9 Å². The van der Waals surface area contributed by atoms with Crippen LogP contribution in [0.5, 0.6) is 23.0 Å². The molecule has 2 N–H and O–H groups in total. The van der Waals surface area contributed by atoms with E-state index in [9.17, 15) is 10.8 Å². The van der Waals surface area contributed by atoms with E-state index in [1.807, 2.05) is 36.4 Å². The molecule has 0 atom stereocenters. The molecule has 0 radical (unpaired) electrons. The summed E-state index contributed by atoms with van der Waals surface area (Å²) < 4.78 is 13.6. The molecule has 0 fully saturated rings. The maximum atomic E-state index is 9.61. The second-order valence-electron chi connectivity index (χ2n) is 25.4. The molecule has 0 amide bonds. The van der Waals surface area contributed by atoms with Crippen molar-refractivity contribution in [1.29, 1.82) is 10.8 Å². The van der Waals surface area contributed by atoms with Gasteiger partial charge in [-0.3, -0.25) is 0 Å². The molecular formula is C84H60N4O2. The first-order valence-corrected chi connectivity index (χ1v) is 30.9. The van der Waals surface area contributed by atoms with Crippen LogP contribution in [0.15, 0.2) is 279 Å².